The molecule has 6 heteroatoms. The number of carboxylic acid groups (broad SMARTS) is 2. The molecule has 4 fully saturated rings. The van der Waals surface area contributed by atoms with Gasteiger partial charge in [-0.3, -0.25) is 9.59 Å². The molecule has 0 aromatic heterocycles. The van der Waals surface area contributed by atoms with Crippen LogP contribution in [0.3, 0.4) is 0 Å². The number of alkyl halides is 1. The van der Waals surface area contributed by atoms with E-state index in [2.05, 4.69) is 65.6 Å². The highest BCUT2D eigenvalue weighted by Crippen LogP contribution is 2.76. The summed E-state index contributed by atoms with van der Waals surface area (Å²) in [5, 5.41) is 23.0. The summed E-state index contributed by atoms with van der Waals surface area (Å²) in [5.74, 6) is 0.804. The molecule has 0 bridgehead atoms. The molecule has 0 aromatic carbocycles. The first-order valence-electron chi connectivity index (χ1n) is 17.8. The maximum atomic E-state index is 13.9. The highest BCUT2D eigenvalue weighted by atomic mass is 19.1. The van der Waals surface area contributed by atoms with Crippen molar-refractivity contribution in [2.75, 3.05) is 13.2 Å². The van der Waals surface area contributed by atoms with Gasteiger partial charge in [0.15, 0.2) is 0 Å². The van der Waals surface area contributed by atoms with Gasteiger partial charge in [-0.05, 0) is 146 Å². The number of carbonyl (C=O) groups is 2. The van der Waals surface area contributed by atoms with Crippen LogP contribution in [0.5, 0.6) is 0 Å². The fourth-order valence-electron chi connectivity index (χ4n) is 13.4. The lowest BCUT2D eigenvalue weighted by atomic mass is 9.33. The van der Waals surface area contributed by atoms with Crippen LogP contribution in [0.15, 0.2) is 35.5 Å². The predicted molar refractivity (Wildman–Crippen MR) is 176 cm³/mol. The lowest BCUT2D eigenvalue weighted by Crippen LogP contribution is -2.68. The van der Waals surface area contributed by atoms with E-state index in [-0.39, 0.29) is 40.2 Å². The van der Waals surface area contributed by atoms with Crippen LogP contribution in [0.2, 0.25) is 0 Å². The summed E-state index contributed by atoms with van der Waals surface area (Å²) < 4.78 is 13.9. The Hall–Kier alpha value is -1.95. The molecule has 10 atom stereocenters. The van der Waals surface area contributed by atoms with Crippen molar-refractivity contribution in [3.63, 3.8) is 0 Å². The Morgan fingerprint density at radius 3 is 2.24 bits per heavy atom. The molecule has 0 radical (unpaired) electrons. The minimum Gasteiger partial charge on any atom is -0.481 e. The van der Waals surface area contributed by atoms with E-state index in [0.717, 1.165) is 32.1 Å². The summed E-state index contributed by atoms with van der Waals surface area (Å²) in [6, 6.07) is 0. The highest BCUT2D eigenvalue weighted by Gasteiger charge is 2.70. The van der Waals surface area contributed by atoms with Crippen molar-refractivity contribution in [2.45, 2.75) is 124 Å². The number of aliphatic carboxylic acids is 2. The van der Waals surface area contributed by atoms with E-state index in [4.69, 9.17) is 0 Å². The van der Waals surface area contributed by atoms with Gasteiger partial charge in [-0.15, -0.1) is 0 Å². The monoisotopic (exact) mass is 623 g/mol. The summed E-state index contributed by atoms with van der Waals surface area (Å²) in [5.41, 5.74) is 3.07. The molecule has 4 saturated carbocycles. The van der Waals surface area contributed by atoms with Crippen LogP contribution in [0, 0.1) is 56.7 Å². The molecule has 0 aliphatic heterocycles. The van der Waals surface area contributed by atoms with Gasteiger partial charge in [0.05, 0.1) is 12.0 Å². The van der Waals surface area contributed by atoms with Gasteiger partial charge in [0.25, 0.3) is 0 Å². The van der Waals surface area contributed by atoms with E-state index in [1.807, 2.05) is 0 Å². The number of halogens is 1. The summed E-state index contributed by atoms with van der Waals surface area (Å²) in [6.07, 6.45) is 16.1. The highest BCUT2D eigenvalue weighted by molar-refractivity contribution is 5.75. The molecule has 250 valence electrons. The zero-order valence-electron chi connectivity index (χ0n) is 28.7. The van der Waals surface area contributed by atoms with Crippen LogP contribution in [0.1, 0.15) is 119 Å². The minimum atomic E-state index is -1.26. The van der Waals surface area contributed by atoms with Crippen LogP contribution in [0.25, 0.3) is 0 Å². The lowest BCUT2D eigenvalue weighted by molar-refractivity contribution is -0.221. The standard InChI is InChI=1S/C39H58FNO4/c1-24(2)26-12-19-39(41-22-31(42)43)21-20-36(6)28(32(26)39)8-9-30-35(5)15-13-27(34(3,4)29(35)14-16-37(30,36)7)25-10-17-38(23-40,18-11-25)33(44)45/h10,13,26,28-30,32,41H,1,8-9,11-12,14-23H2,2-7H3,(H,42,43)(H,44,45)/t26-,28?,29-,30+,32+,35?,36+,37?,38-,39?/m0/s1. The smallest absolute Gasteiger partial charge is 0.317 e. The quantitative estimate of drug-likeness (QED) is 0.247. The molecular formula is C39H58FNO4. The third kappa shape index (κ3) is 4.53. The lowest BCUT2D eigenvalue weighted by Gasteiger charge is -2.72. The van der Waals surface area contributed by atoms with Crippen molar-refractivity contribution in [3.05, 3.63) is 35.5 Å². The summed E-state index contributed by atoms with van der Waals surface area (Å²) >= 11 is 0. The van der Waals surface area contributed by atoms with E-state index in [1.54, 1.807) is 0 Å². The van der Waals surface area contributed by atoms with Gasteiger partial charge in [0, 0.05) is 5.54 Å². The number of fused-ring (bicyclic) bond motifs is 7. The first kappa shape index (κ1) is 33.0. The summed E-state index contributed by atoms with van der Waals surface area (Å²) in [4.78, 5) is 23.6. The van der Waals surface area contributed by atoms with E-state index >= 15 is 0 Å². The van der Waals surface area contributed by atoms with Crippen LogP contribution < -0.4 is 5.32 Å². The average Bonchev–Trinajstić information content (AvgIpc) is 3.37. The minimum absolute atomic E-state index is 0.0319. The van der Waals surface area contributed by atoms with Crippen molar-refractivity contribution < 1.29 is 24.2 Å². The maximum Gasteiger partial charge on any atom is 0.317 e. The van der Waals surface area contributed by atoms with Crippen LogP contribution in [-0.2, 0) is 9.59 Å². The molecule has 4 unspecified atom stereocenters. The topological polar surface area (TPSA) is 86.6 Å². The Kier molecular flexibility index (Phi) is 7.90. The molecular weight excluding hydrogens is 565 g/mol. The number of rotatable bonds is 7. The van der Waals surface area contributed by atoms with Gasteiger partial charge in [0.1, 0.15) is 6.67 Å². The number of hydrogen-bond acceptors (Lipinski definition) is 3. The largest absolute Gasteiger partial charge is 0.481 e. The number of hydrogen-bond donors (Lipinski definition) is 3. The number of carboxylic acids is 2. The number of nitrogens with one attached hydrogen (secondary N) is 1. The van der Waals surface area contributed by atoms with E-state index in [9.17, 15) is 24.2 Å². The normalized spacial score (nSPS) is 46.9. The maximum absolute atomic E-state index is 13.9. The van der Waals surface area contributed by atoms with Crippen LogP contribution >= 0.6 is 0 Å². The second kappa shape index (κ2) is 10.8. The van der Waals surface area contributed by atoms with Crippen molar-refractivity contribution in [1.82, 2.24) is 5.32 Å². The van der Waals surface area contributed by atoms with Gasteiger partial charge in [-0.1, -0.05) is 58.9 Å². The molecule has 5 nitrogen and oxygen atoms in total. The van der Waals surface area contributed by atoms with Gasteiger partial charge >= 0.3 is 11.9 Å². The van der Waals surface area contributed by atoms with E-state index in [1.165, 1.54) is 42.4 Å². The molecule has 0 spiro atoms. The Morgan fingerprint density at radius 2 is 1.64 bits per heavy atom. The van der Waals surface area contributed by atoms with E-state index < -0.39 is 24.0 Å². The molecule has 6 rings (SSSR count). The van der Waals surface area contributed by atoms with Gasteiger partial charge < -0.3 is 15.5 Å². The van der Waals surface area contributed by atoms with Crippen LogP contribution in [-0.4, -0.2) is 40.9 Å². The molecule has 0 saturated heterocycles. The molecule has 0 amide bonds. The SMILES string of the molecule is C=C(C)[C@@H]1CCC2(NCC(=O)O)CC[C@]3(C)C(CC[C@@H]4C5(C)CC=C(C6=CC[C@](CF)(C(=O)O)CC6)C(C)(C)[C@@H]5CCC43C)[C@@H]12. The molecule has 45 heavy (non-hydrogen) atoms. The van der Waals surface area contributed by atoms with Gasteiger partial charge in [0.2, 0.25) is 0 Å². The van der Waals surface area contributed by atoms with Crippen molar-refractivity contribution in [2.24, 2.45) is 56.7 Å². The second-order valence-electron chi connectivity index (χ2n) is 17.8. The molecule has 6 aliphatic rings. The van der Waals surface area contributed by atoms with Crippen molar-refractivity contribution in [1.29, 1.82) is 0 Å². The zero-order valence-corrected chi connectivity index (χ0v) is 28.7. The van der Waals surface area contributed by atoms with Crippen LogP contribution in [0.4, 0.5) is 4.39 Å². The van der Waals surface area contributed by atoms with E-state index in [0.29, 0.717) is 42.4 Å². The summed E-state index contributed by atoms with van der Waals surface area (Å²) in [6.45, 7) is 18.6. The average molecular weight is 624 g/mol. The van der Waals surface area contributed by atoms with Gasteiger partial charge in [-0.25, -0.2) is 4.39 Å². The molecule has 0 heterocycles. The fraction of sp³-hybridized carbons (Fsp3) is 0.795. The second-order valence-corrected chi connectivity index (χ2v) is 17.8. The Bertz CT molecular complexity index is 1330. The van der Waals surface area contributed by atoms with Crippen molar-refractivity contribution in [3.8, 4) is 0 Å². The Balaban J connectivity index is 1.32. The number of allylic oxidation sites excluding steroid dienone is 5. The predicted octanol–water partition coefficient (Wildman–Crippen LogP) is 8.76. The fourth-order valence-corrected chi connectivity index (χ4v) is 13.4. The molecule has 0 aromatic rings. The first-order valence-corrected chi connectivity index (χ1v) is 17.8. The zero-order chi connectivity index (χ0) is 32.8. The third-order valence-electron chi connectivity index (χ3n) is 15.9. The molecule has 6 aliphatic carbocycles. The summed E-state index contributed by atoms with van der Waals surface area (Å²) in [7, 11) is 0. The Morgan fingerprint density at radius 1 is 0.911 bits per heavy atom. The first-order chi connectivity index (χ1) is 21.0. The Labute approximate surface area is 270 Å². The van der Waals surface area contributed by atoms with Crippen molar-refractivity contribution >= 4 is 11.9 Å². The molecule has 3 N–H and O–H groups in total. The third-order valence-corrected chi connectivity index (χ3v) is 15.9. The van der Waals surface area contributed by atoms with Gasteiger partial charge in [-0.2, -0.15) is 0 Å².